The first-order valence-corrected chi connectivity index (χ1v) is 9.26. The Kier molecular flexibility index (Phi) is 6.23. The summed E-state index contributed by atoms with van der Waals surface area (Å²) < 4.78 is 38.0. The molecule has 1 unspecified atom stereocenters. The van der Waals surface area contributed by atoms with E-state index in [9.17, 15) is 18.3 Å². The Balaban J connectivity index is 2.38. The Morgan fingerprint density at radius 3 is 2.23 bits per heavy atom. The summed E-state index contributed by atoms with van der Waals surface area (Å²) in [5.74, 6) is -0.566. The maximum atomic E-state index is 12.6. The Bertz CT molecular complexity index is 877. The van der Waals surface area contributed by atoms with Gasteiger partial charge in [-0.2, -0.15) is 0 Å². The van der Waals surface area contributed by atoms with Gasteiger partial charge in [-0.15, -0.1) is 0 Å². The molecule has 0 amide bonds. The number of carbonyl (C=O) groups is 1. The van der Waals surface area contributed by atoms with Crippen molar-refractivity contribution in [3.8, 4) is 11.5 Å². The van der Waals surface area contributed by atoms with Crippen molar-refractivity contribution in [2.45, 2.75) is 24.3 Å². The molecule has 0 aliphatic carbocycles. The first-order valence-electron chi connectivity index (χ1n) is 7.77. The van der Waals surface area contributed by atoms with Gasteiger partial charge in [0.1, 0.15) is 0 Å². The van der Waals surface area contributed by atoms with Gasteiger partial charge in [0.2, 0.25) is 10.0 Å². The number of rotatable bonds is 8. The molecule has 0 aromatic heterocycles. The topological polar surface area (TPSA) is 105 Å². The smallest absolute Gasteiger partial charge is 0.241 e. The minimum atomic E-state index is -3.92. The predicted octanol–water partition coefficient (Wildman–Crippen LogP) is 1.17. The van der Waals surface area contributed by atoms with Crippen LogP contribution in [-0.4, -0.2) is 28.6 Å². The van der Waals surface area contributed by atoms with Crippen molar-refractivity contribution < 1.29 is 27.8 Å². The molecule has 0 bridgehead atoms. The number of hydrogen-bond donors (Lipinski definition) is 1. The van der Waals surface area contributed by atoms with E-state index in [0.717, 1.165) is 5.56 Å². The summed E-state index contributed by atoms with van der Waals surface area (Å²) in [7, 11) is -1.01. The van der Waals surface area contributed by atoms with Crippen LogP contribution in [0.4, 0.5) is 0 Å². The van der Waals surface area contributed by atoms with E-state index in [4.69, 9.17) is 9.47 Å². The van der Waals surface area contributed by atoms with Crippen LogP contribution in [0.1, 0.15) is 23.6 Å². The maximum absolute atomic E-state index is 12.6. The lowest BCUT2D eigenvalue weighted by Crippen LogP contribution is -2.34. The zero-order valence-corrected chi connectivity index (χ0v) is 15.5. The number of methoxy groups -OCH3 is 2. The van der Waals surface area contributed by atoms with E-state index in [-0.39, 0.29) is 4.90 Å². The first-order chi connectivity index (χ1) is 12.3. The molecule has 0 fully saturated rings. The first kappa shape index (κ1) is 19.7. The van der Waals surface area contributed by atoms with Crippen LogP contribution in [0.3, 0.4) is 0 Å². The van der Waals surface area contributed by atoms with Crippen LogP contribution in [0.25, 0.3) is 0 Å². The predicted molar refractivity (Wildman–Crippen MR) is 93.4 cm³/mol. The Morgan fingerprint density at radius 1 is 1.08 bits per heavy atom. The molecule has 7 nitrogen and oxygen atoms in total. The number of sulfonamides is 1. The van der Waals surface area contributed by atoms with E-state index in [0.29, 0.717) is 17.1 Å². The molecule has 1 atom stereocenters. The highest BCUT2D eigenvalue weighted by Gasteiger charge is 2.22. The van der Waals surface area contributed by atoms with E-state index in [1.807, 2.05) is 6.92 Å². The molecule has 2 aromatic rings. The standard InChI is InChI=1S/C18H21NO6S/c1-12-4-7-14(8-5-12)26(22,23)19-15(11-18(20)21)13-6-9-16(24-2)17(10-13)25-3/h4-10,15,19H,11H2,1-3H3,(H,20,21)/p-1. The third kappa shape index (κ3) is 4.74. The average Bonchev–Trinajstić information content (AvgIpc) is 2.60. The zero-order chi connectivity index (χ0) is 19.3. The fourth-order valence-electron chi connectivity index (χ4n) is 2.44. The van der Waals surface area contributed by atoms with Crippen molar-refractivity contribution >= 4 is 16.0 Å². The van der Waals surface area contributed by atoms with E-state index in [2.05, 4.69) is 4.72 Å². The largest absolute Gasteiger partial charge is 0.550 e. The normalized spacial score (nSPS) is 12.4. The summed E-state index contributed by atoms with van der Waals surface area (Å²) >= 11 is 0. The summed E-state index contributed by atoms with van der Waals surface area (Å²) in [6.45, 7) is 1.84. The Hall–Kier alpha value is -2.58. The minimum Gasteiger partial charge on any atom is -0.550 e. The number of carboxylic acid groups (broad SMARTS) is 1. The number of hydrogen-bond acceptors (Lipinski definition) is 6. The molecular formula is C18H20NO6S-. The lowest BCUT2D eigenvalue weighted by molar-refractivity contribution is -0.306. The minimum absolute atomic E-state index is 0.0481. The number of benzene rings is 2. The zero-order valence-electron chi connectivity index (χ0n) is 14.7. The number of carboxylic acids is 1. The molecule has 140 valence electrons. The molecular weight excluding hydrogens is 358 g/mol. The summed E-state index contributed by atoms with van der Waals surface area (Å²) in [5.41, 5.74) is 1.33. The van der Waals surface area contributed by atoms with Crippen molar-refractivity contribution in [2.75, 3.05) is 14.2 Å². The summed E-state index contributed by atoms with van der Waals surface area (Å²) in [5, 5.41) is 11.1. The monoisotopic (exact) mass is 378 g/mol. The highest BCUT2D eigenvalue weighted by molar-refractivity contribution is 7.89. The third-order valence-electron chi connectivity index (χ3n) is 3.81. The van der Waals surface area contributed by atoms with Crippen LogP contribution in [0.15, 0.2) is 47.4 Å². The van der Waals surface area contributed by atoms with Crippen molar-refractivity contribution in [3.05, 3.63) is 53.6 Å². The van der Waals surface area contributed by atoms with E-state index >= 15 is 0 Å². The van der Waals surface area contributed by atoms with Crippen molar-refractivity contribution in [1.82, 2.24) is 4.72 Å². The van der Waals surface area contributed by atoms with Crippen LogP contribution in [-0.2, 0) is 14.8 Å². The number of carbonyl (C=O) groups excluding carboxylic acids is 1. The van der Waals surface area contributed by atoms with Gasteiger partial charge in [-0.3, -0.25) is 0 Å². The maximum Gasteiger partial charge on any atom is 0.241 e. The van der Waals surface area contributed by atoms with Crippen molar-refractivity contribution in [3.63, 3.8) is 0 Å². The molecule has 0 saturated carbocycles. The highest BCUT2D eigenvalue weighted by Crippen LogP contribution is 2.31. The van der Waals surface area contributed by atoms with Gasteiger partial charge in [0.15, 0.2) is 11.5 Å². The molecule has 0 saturated heterocycles. The second-order valence-corrected chi connectivity index (χ2v) is 7.39. The van der Waals surface area contributed by atoms with Crippen LogP contribution in [0.5, 0.6) is 11.5 Å². The SMILES string of the molecule is COc1ccc(C(CC(=O)[O-])NS(=O)(=O)c2ccc(C)cc2)cc1OC. The van der Waals surface area contributed by atoms with Gasteiger partial charge in [-0.05, 0) is 36.8 Å². The molecule has 2 rings (SSSR count). The van der Waals surface area contributed by atoms with Crippen molar-refractivity contribution in [1.29, 1.82) is 0 Å². The van der Waals surface area contributed by atoms with Gasteiger partial charge in [0, 0.05) is 12.4 Å². The third-order valence-corrected chi connectivity index (χ3v) is 5.30. The molecule has 0 heterocycles. The number of aryl methyl sites for hydroxylation is 1. The molecule has 0 aliphatic heterocycles. The average molecular weight is 378 g/mol. The van der Waals surface area contributed by atoms with Gasteiger partial charge < -0.3 is 19.4 Å². The van der Waals surface area contributed by atoms with E-state index in [1.165, 1.54) is 32.4 Å². The highest BCUT2D eigenvalue weighted by atomic mass is 32.2. The van der Waals surface area contributed by atoms with Gasteiger partial charge >= 0.3 is 0 Å². The molecule has 1 N–H and O–H groups in total. The Morgan fingerprint density at radius 2 is 1.69 bits per heavy atom. The number of nitrogens with one attached hydrogen (secondary N) is 1. The van der Waals surface area contributed by atoms with Crippen LogP contribution >= 0.6 is 0 Å². The molecule has 2 aromatic carbocycles. The second-order valence-electron chi connectivity index (χ2n) is 5.68. The summed E-state index contributed by atoms with van der Waals surface area (Å²) in [6.07, 6.45) is -0.527. The lowest BCUT2D eigenvalue weighted by atomic mass is 10.0. The Labute approximate surface area is 152 Å². The quantitative estimate of drug-likeness (QED) is 0.739. The van der Waals surface area contributed by atoms with Gasteiger partial charge in [-0.25, -0.2) is 13.1 Å². The summed E-state index contributed by atoms with van der Waals surface area (Å²) in [4.78, 5) is 11.2. The molecule has 0 spiro atoms. The number of aliphatic carboxylic acids is 1. The van der Waals surface area contributed by atoms with E-state index < -0.39 is 28.5 Å². The molecule has 26 heavy (non-hydrogen) atoms. The summed E-state index contributed by atoms with van der Waals surface area (Å²) in [6, 6.07) is 9.92. The van der Waals surface area contributed by atoms with Crippen molar-refractivity contribution in [2.24, 2.45) is 0 Å². The van der Waals surface area contributed by atoms with Crippen LogP contribution < -0.4 is 19.3 Å². The lowest BCUT2D eigenvalue weighted by Gasteiger charge is -2.21. The van der Waals surface area contributed by atoms with Crippen LogP contribution in [0, 0.1) is 6.92 Å². The van der Waals surface area contributed by atoms with Crippen LogP contribution in [0.2, 0.25) is 0 Å². The second kappa shape index (κ2) is 8.20. The fourth-order valence-corrected chi connectivity index (χ4v) is 3.66. The molecule has 0 aliphatic rings. The van der Waals surface area contributed by atoms with Gasteiger partial charge in [-0.1, -0.05) is 23.8 Å². The fraction of sp³-hybridized carbons (Fsp3) is 0.278. The molecule has 8 heteroatoms. The number of ether oxygens (including phenoxy) is 2. The van der Waals surface area contributed by atoms with Gasteiger partial charge in [0.05, 0.1) is 25.2 Å². The van der Waals surface area contributed by atoms with E-state index in [1.54, 1.807) is 24.3 Å². The van der Waals surface area contributed by atoms with Gasteiger partial charge in [0.25, 0.3) is 0 Å². The molecule has 0 radical (unpaired) electrons.